The molecular formula is C19H17N5O2S. The first-order valence-electron chi connectivity index (χ1n) is 8.31. The number of rotatable bonds is 5. The van der Waals surface area contributed by atoms with Crippen molar-refractivity contribution >= 4 is 29.1 Å². The van der Waals surface area contributed by atoms with Crippen molar-refractivity contribution in [2.45, 2.75) is 0 Å². The summed E-state index contributed by atoms with van der Waals surface area (Å²) in [6.45, 7) is 4.26. The van der Waals surface area contributed by atoms with E-state index in [1.807, 2.05) is 41.9 Å². The molecule has 136 valence electrons. The maximum absolute atomic E-state index is 11.6. The van der Waals surface area contributed by atoms with E-state index in [0.717, 1.165) is 21.8 Å². The van der Waals surface area contributed by atoms with Crippen LogP contribution in [0.5, 0.6) is 5.75 Å². The van der Waals surface area contributed by atoms with E-state index in [1.165, 1.54) is 11.3 Å². The standard InChI is InChI=1S/C19H17N5O2S/c1-2-7-21-19-24(22-10-14-4-3-8-20-14)16(12-27-19)13-5-6-17-15(9-13)23-18(25)11-26-17/h2-6,8-10,12,20H,1,7,11H2,(H,23,25). The minimum Gasteiger partial charge on any atom is -0.482 e. The van der Waals surface area contributed by atoms with Gasteiger partial charge in [0.1, 0.15) is 5.75 Å². The fourth-order valence-electron chi connectivity index (χ4n) is 2.65. The molecule has 1 aliphatic rings. The molecule has 0 radical (unpaired) electrons. The SMILES string of the molecule is C=CCN=c1scc(-c2ccc3c(c2)NC(=O)CO3)n1N=Cc1ccc[nH]1. The third-order valence-corrected chi connectivity index (χ3v) is 4.74. The Labute approximate surface area is 159 Å². The fourth-order valence-corrected chi connectivity index (χ4v) is 3.49. The number of amides is 1. The van der Waals surface area contributed by atoms with Crippen molar-refractivity contribution in [1.29, 1.82) is 0 Å². The van der Waals surface area contributed by atoms with Crippen LogP contribution in [0.1, 0.15) is 5.69 Å². The number of hydrogen-bond donors (Lipinski definition) is 2. The summed E-state index contributed by atoms with van der Waals surface area (Å²) >= 11 is 1.49. The number of benzene rings is 1. The highest BCUT2D eigenvalue weighted by Crippen LogP contribution is 2.32. The van der Waals surface area contributed by atoms with Crippen LogP contribution in [0, 0.1) is 0 Å². The van der Waals surface area contributed by atoms with Gasteiger partial charge >= 0.3 is 0 Å². The van der Waals surface area contributed by atoms with Gasteiger partial charge in [0.15, 0.2) is 6.61 Å². The predicted molar refractivity (Wildman–Crippen MR) is 106 cm³/mol. The van der Waals surface area contributed by atoms with Crippen LogP contribution in [0.3, 0.4) is 0 Å². The molecule has 2 aromatic heterocycles. The molecule has 0 unspecified atom stereocenters. The normalized spacial score (nSPS) is 14.1. The van der Waals surface area contributed by atoms with Gasteiger partial charge in [-0.05, 0) is 30.3 Å². The summed E-state index contributed by atoms with van der Waals surface area (Å²) in [4.78, 5) is 20.0. The van der Waals surface area contributed by atoms with Gasteiger partial charge in [0.05, 0.1) is 29.8 Å². The molecule has 0 atom stereocenters. The second-order valence-corrected chi connectivity index (χ2v) is 6.60. The zero-order valence-electron chi connectivity index (χ0n) is 14.4. The maximum Gasteiger partial charge on any atom is 0.262 e. The smallest absolute Gasteiger partial charge is 0.262 e. The van der Waals surface area contributed by atoms with E-state index in [9.17, 15) is 4.79 Å². The first-order chi connectivity index (χ1) is 13.2. The Morgan fingerprint density at radius 2 is 2.30 bits per heavy atom. The van der Waals surface area contributed by atoms with Crippen LogP contribution in [-0.4, -0.2) is 34.9 Å². The molecule has 0 saturated carbocycles. The fraction of sp³-hybridized carbons (Fsp3) is 0.105. The Balaban J connectivity index is 1.78. The number of carbonyl (C=O) groups excluding carboxylic acids is 1. The summed E-state index contributed by atoms with van der Waals surface area (Å²) < 4.78 is 7.21. The van der Waals surface area contributed by atoms with Crippen molar-refractivity contribution in [2.24, 2.45) is 10.1 Å². The van der Waals surface area contributed by atoms with Gasteiger partial charge in [-0.3, -0.25) is 9.79 Å². The molecule has 1 amide bonds. The monoisotopic (exact) mass is 379 g/mol. The molecule has 4 rings (SSSR count). The summed E-state index contributed by atoms with van der Waals surface area (Å²) in [5.41, 5.74) is 3.31. The Kier molecular flexibility index (Phi) is 4.71. The van der Waals surface area contributed by atoms with Crippen LogP contribution in [-0.2, 0) is 4.79 Å². The topological polar surface area (TPSA) is 83.8 Å². The zero-order chi connectivity index (χ0) is 18.6. The highest BCUT2D eigenvalue weighted by Gasteiger charge is 2.17. The number of H-pyrrole nitrogens is 1. The van der Waals surface area contributed by atoms with Crippen molar-refractivity contribution in [1.82, 2.24) is 9.66 Å². The highest BCUT2D eigenvalue weighted by molar-refractivity contribution is 7.07. The van der Waals surface area contributed by atoms with Gasteiger partial charge in [-0.25, -0.2) is 4.68 Å². The van der Waals surface area contributed by atoms with E-state index in [-0.39, 0.29) is 12.5 Å². The first kappa shape index (κ1) is 17.0. The number of aromatic nitrogens is 2. The number of aromatic amines is 1. The minimum atomic E-state index is -0.163. The molecule has 0 fully saturated rings. The number of ether oxygens (including phenoxy) is 1. The van der Waals surface area contributed by atoms with Crippen LogP contribution in [0.15, 0.2) is 64.7 Å². The lowest BCUT2D eigenvalue weighted by Crippen LogP contribution is -2.25. The average Bonchev–Trinajstić information content (AvgIpc) is 3.33. The Morgan fingerprint density at radius 1 is 1.37 bits per heavy atom. The van der Waals surface area contributed by atoms with Crippen LogP contribution in [0.2, 0.25) is 0 Å². The van der Waals surface area contributed by atoms with E-state index < -0.39 is 0 Å². The third-order valence-electron chi connectivity index (χ3n) is 3.88. The van der Waals surface area contributed by atoms with Crippen molar-refractivity contribution in [2.75, 3.05) is 18.5 Å². The quantitative estimate of drug-likeness (QED) is 0.528. The van der Waals surface area contributed by atoms with Gasteiger partial charge in [0.25, 0.3) is 5.91 Å². The Morgan fingerprint density at radius 3 is 3.11 bits per heavy atom. The summed E-state index contributed by atoms with van der Waals surface area (Å²) in [6, 6.07) is 9.52. The van der Waals surface area contributed by atoms with E-state index in [0.29, 0.717) is 18.0 Å². The van der Waals surface area contributed by atoms with E-state index in [4.69, 9.17) is 4.74 Å². The molecule has 0 bridgehead atoms. The van der Waals surface area contributed by atoms with Gasteiger partial charge < -0.3 is 15.0 Å². The lowest BCUT2D eigenvalue weighted by Gasteiger charge is -2.18. The predicted octanol–water partition coefficient (Wildman–Crippen LogP) is 2.84. The molecule has 1 aliphatic heterocycles. The minimum absolute atomic E-state index is 0.0375. The molecule has 0 saturated heterocycles. The lowest BCUT2D eigenvalue weighted by atomic mass is 10.1. The summed E-state index contributed by atoms with van der Waals surface area (Å²) in [5, 5.41) is 9.41. The van der Waals surface area contributed by atoms with E-state index >= 15 is 0 Å². The van der Waals surface area contributed by atoms with Crippen LogP contribution >= 0.6 is 11.3 Å². The van der Waals surface area contributed by atoms with Gasteiger partial charge in [0, 0.05) is 17.1 Å². The van der Waals surface area contributed by atoms with Crippen molar-refractivity contribution in [3.05, 3.63) is 65.1 Å². The number of carbonyl (C=O) groups is 1. The molecule has 27 heavy (non-hydrogen) atoms. The number of nitrogens with zero attached hydrogens (tertiary/aromatic N) is 3. The molecule has 3 aromatic rings. The average molecular weight is 379 g/mol. The van der Waals surface area contributed by atoms with Gasteiger partial charge in [0.2, 0.25) is 4.80 Å². The Hall–Kier alpha value is -3.39. The molecular weight excluding hydrogens is 362 g/mol. The van der Waals surface area contributed by atoms with E-state index in [2.05, 4.69) is 27.0 Å². The largest absolute Gasteiger partial charge is 0.482 e. The second kappa shape index (κ2) is 7.46. The lowest BCUT2D eigenvalue weighted by molar-refractivity contribution is -0.118. The van der Waals surface area contributed by atoms with Crippen LogP contribution in [0.25, 0.3) is 11.3 Å². The van der Waals surface area contributed by atoms with Gasteiger partial charge in [-0.1, -0.05) is 6.08 Å². The molecule has 2 N–H and O–H groups in total. The molecule has 8 heteroatoms. The molecule has 7 nitrogen and oxygen atoms in total. The number of anilines is 1. The summed E-state index contributed by atoms with van der Waals surface area (Å²) in [7, 11) is 0. The number of hydrogen-bond acceptors (Lipinski definition) is 5. The first-order valence-corrected chi connectivity index (χ1v) is 9.19. The van der Waals surface area contributed by atoms with E-state index in [1.54, 1.807) is 17.0 Å². The highest BCUT2D eigenvalue weighted by atomic mass is 32.1. The number of thiazole rings is 1. The molecule has 0 spiro atoms. The summed E-state index contributed by atoms with van der Waals surface area (Å²) in [6.07, 6.45) is 5.33. The zero-order valence-corrected chi connectivity index (χ0v) is 15.2. The summed E-state index contributed by atoms with van der Waals surface area (Å²) in [5.74, 6) is 0.496. The van der Waals surface area contributed by atoms with Crippen molar-refractivity contribution < 1.29 is 9.53 Å². The van der Waals surface area contributed by atoms with Crippen LogP contribution in [0.4, 0.5) is 5.69 Å². The third kappa shape index (κ3) is 3.61. The number of nitrogens with one attached hydrogen (secondary N) is 2. The maximum atomic E-state index is 11.6. The Bertz CT molecular complexity index is 1080. The number of fused-ring (bicyclic) bond motifs is 1. The molecule has 3 heterocycles. The van der Waals surface area contributed by atoms with Crippen molar-refractivity contribution in [3.63, 3.8) is 0 Å². The van der Waals surface area contributed by atoms with Crippen molar-refractivity contribution in [3.8, 4) is 17.0 Å². The molecule has 1 aromatic carbocycles. The second-order valence-electron chi connectivity index (χ2n) is 5.76. The van der Waals surface area contributed by atoms with Crippen LogP contribution < -0.4 is 14.9 Å². The van der Waals surface area contributed by atoms with Gasteiger partial charge in [-0.15, -0.1) is 17.9 Å². The molecule has 0 aliphatic carbocycles. The van der Waals surface area contributed by atoms with Gasteiger partial charge in [-0.2, -0.15) is 5.10 Å².